The van der Waals surface area contributed by atoms with Gasteiger partial charge in [-0.15, -0.1) is 0 Å². The number of aromatic nitrogens is 1. The lowest BCUT2D eigenvalue weighted by Crippen LogP contribution is -2.18. The summed E-state index contributed by atoms with van der Waals surface area (Å²) in [6, 6.07) is 9.39. The third kappa shape index (κ3) is 3.31. The van der Waals surface area contributed by atoms with Crippen molar-refractivity contribution in [3.05, 3.63) is 47.3 Å². The Labute approximate surface area is 123 Å². The van der Waals surface area contributed by atoms with Gasteiger partial charge in [-0.25, -0.2) is 0 Å². The zero-order valence-corrected chi connectivity index (χ0v) is 12.1. The van der Waals surface area contributed by atoms with E-state index >= 15 is 0 Å². The van der Waals surface area contributed by atoms with E-state index < -0.39 is 0 Å². The number of benzene rings is 1. The van der Waals surface area contributed by atoms with Crippen LogP contribution in [0.4, 0.5) is 5.69 Å². The maximum atomic E-state index is 12.2. The molecule has 2 aromatic rings. The van der Waals surface area contributed by atoms with Crippen molar-refractivity contribution in [3.63, 3.8) is 0 Å². The number of carbonyl (C=O) groups excluding carboxylic acids is 1. The second-order valence-corrected chi connectivity index (χ2v) is 5.43. The molecule has 2 heterocycles. The molecule has 110 valence electrons. The van der Waals surface area contributed by atoms with Crippen LogP contribution in [0.25, 0.3) is 0 Å². The number of nitrogens with one attached hydrogen (secondary N) is 1. The van der Waals surface area contributed by atoms with Gasteiger partial charge in [-0.3, -0.25) is 9.69 Å². The maximum absolute atomic E-state index is 12.2. The van der Waals surface area contributed by atoms with Gasteiger partial charge in [0.25, 0.3) is 5.91 Å². The minimum Gasteiger partial charge on any atom is -0.359 e. The van der Waals surface area contributed by atoms with Crippen LogP contribution in [0.1, 0.15) is 34.7 Å². The van der Waals surface area contributed by atoms with Crippen LogP contribution < -0.4 is 5.32 Å². The van der Waals surface area contributed by atoms with Gasteiger partial charge in [0.05, 0.1) is 6.54 Å². The summed E-state index contributed by atoms with van der Waals surface area (Å²) in [5.74, 6) is 0.507. The third-order valence-electron chi connectivity index (χ3n) is 3.76. The van der Waals surface area contributed by atoms with Crippen molar-refractivity contribution in [3.8, 4) is 0 Å². The molecule has 0 aliphatic carbocycles. The molecule has 0 saturated carbocycles. The summed E-state index contributed by atoms with van der Waals surface area (Å²) in [7, 11) is 0. The molecule has 5 nitrogen and oxygen atoms in total. The van der Waals surface area contributed by atoms with Crippen molar-refractivity contribution >= 4 is 11.6 Å². The minimum absolute atomic E-state index is 0.235. The summed E-state index contributed by atoms with van der Waals surface area (Å²) in [5, 5.41) is 6.73. The monoisotopic (exact) mass is 285 g/mol. The van der Waals surface area contributed by atoms with Gasteiger partial charge in [0, 0.05) is 11.8 Å². The molecule has 1 N–H and O–H groups in total. The van der Waals surface area contributed by atoms with E-state index in [0.717, 1.165) is 36.6 Å². The third-order valence-corrected chi connectivity index (χ3v) is 3.76. The number of aryl methyl sites for hydroxylation is 1. The summed E-state index contributed by atoms with van der Waals surface area (Å²) < 4.78 is 5.26. The molecule has 1 saturated heterocycles. The summed E-state index contributed by atoms with van der Waals surface area (Å²) in [6.45, 7) is 4.86. The van der Waals surface area contributed by atoms with Crippen LogP contribution in [-0.4, -0.2) is 29.1 Å². The number of hydrogen-bond donors (Lipinski definition) is 1. The first-order valence-electron chi connectivity index (χ1n) is 7.27. The van der Waals surface area contributed by atoms with E-state index in [4.69, 9.17) is 4.52 Å². The van der Waals surface area contributed by atoms with Crippen molar-refractivity contribution < 1.29 is 9.32 Å². The predicted molar refractivity (Wildman–Crippen MR) is 80.1 cm³/mol. The minimum atomic E-state index is -0.235. The number of carbonyl (C=O) groups is 1. The Kier molecular flexibility index (Phi) is 4.01. The van der Waals surface area contributed by atoms with Crippen LogP contribution in [0.15, 0.2) is 34.9 Å². The molecule has 1 aromatic carbocycles. The van der Waals surface area contributed by atoms with Crippen molar-refractivity contribution in [2.45, 2.75) is 26.3 Å². The van der Waals surface area contributed by atoms with Crippen molar-refractivity contribution in [1.29, 1.82) is 0 Å². The fraction of sp³-hybridized carbons (Fsp3) is 0.375. The topological polar surface area (TPSA) is 58.4 Å². The Morgan fingerprint density at radius 1 is 1.33 bits per heavy atom. The van der Waals surface area contributed by atoms with Gasteiger partial charge in [-0.1, -0.05) is 23.4 Å². The first-order chi connectivity index (χ1) is 10.2. The Morgan fingerprint density at radius 2 is 2.10 bits per heavy atom. The summed E-state index contributed by atoms with van der Waals surface area (Å²) in [5.41, 5.74) is 2.14. The Bertz CT molecular complexity index is 630. The average molecular weight is 285 g/mol. The van der Waals surface area contributed by atoms with Gasteiger partial charge >= 0.3 is 0 Å². The summed E-state index contributed by atoms with van der Waals surface area (Å²) in [4.78, 5) is 14.5. The Hall–Kier alpha value is -2.14. The second kappa shape index (κ2) is 6.10. The number of nitrogens with zero attached hydrogens (tertiary/aromatic N) is 2. The summed E-state index contributed by atoms with van der Waals surface area (Å²) in [6.07, 6.45) is 2.46. The van der Waals surface area contributed by atoms with Gasteiger partial charge in [-0.2, -0.15) is 0 Å². The molecule has 1 fully saturated rings. The normalized spacial score (nSPS) is 15.3. The zero-order valence-electron chi connectivity index (χ0n) is 12.1. The fourth-order valence-electron chi connectivity index (χ4n) is 2.56. The highest BCUT2D eigenvalue weighted by molar-refractivity contribution is 6.03. The molecule has 0 unspecified atom stereocenters. The average Bonchev–Trinajstić information content (AvgIpc) is 3.13. The lowest BCUT2D eigenvalue weighted by atomic mass is 10.2. The number of rotatable bonds is 4. The number of amides is 1. The molecule has 3 rings (SSSR count). The van der Waals surface area contributed by atoms with E-state index in [2.05, 4.69) is 15.4 Å². The van der Waals surface area contributed by atoms with Crippen molar-refractivity contribution in [1.82, 2.24) is 10.1 Å². The molecular formula is C16H19N3O2. The molecule has 0 radical (unpaired) electrons. The van der Waals surface area contributed by atoms with Crippen LogP contribution in [-0.2, 0) is 6.54 Å². The first kappa shape index (κ1) is 13.8. The lowest BCUT2D eigenvalue weighted by Gasteiger charge is -2.10. The molecule has 21 heavy (non-hydrogen) atoms. The highest BCUT2D eigenvalue weighted by atomic mass is 16.5. The smallest absolute Gasteiger partial charge is 0.277 e. The quantitative estimate of drug-likeness (QED) is 0.938. The fourth-order valence-corrected chi connectivity index (χ4v) is 2.56. The van der Waals surface area contributed by atoms with E-state index in [1.165, 1.54) is 12.8 Å². The van der Waals surface area contributed by atoms with E-state index in [1.54, 1.807) is 6.07 Å². The molecule has 1 aliphatic rings. The zero-order chi connectivity index (χ0) is 14.7. The second-order valence-electron chi connectivity index (χ2n) is 5.43. The van der Waals surface area contributed by atoms with Crippen LogP contribution in [0.2, 0.25) is 0 Å². The predicted octanol–water partition coefficient (Wildman–Crippen LogP) is 2.83. The Morgan fingerprint density at radius 3 is 2.86 bits per heavy atom. The van der Waals surface area contributed by atoms with E-state index in [0.29, 0.717) is 5.69 Å². The van der Waals surface area contributed by atoms with Crippen LogP contribution in [0, 0.1) is 6.92 Å². The van der Waals surface area contributed by atoms with E-state index in [9.17, 15) is 4.79 Å². The highest BCUT2D eigenvalue weighted by Gasteiger charge is 2.17. The summed E-state index contributed by atoms with van der Waals surface area (Å²) >= 11 is 0. The van der Waals surface area contributed by atoms with Gasteiger partial charge in [0.2, 0.25) is 0 Å². The van der Waals surface area contributed by atoms with Gasteiger partial charge in [0.1, 0.15) is 0 Å². The molecule has 0 bridgehead atoms. The van der Waals surface area contributed by atoms with Gasteiger partial charge in [0.15, 0.2) is 11.5 Å². The van der Waals surface area contributed by atoms with E-state index in [-0.39, 0.29) is 5.91 Å². The van der Waals surface area contributed by atoms with Gasteiger partial charge < -0.3 is 9.84 Å². The lowest BCUT2D eigenvalue weighted by molar-refractivity contribution is 0.101. The Balaban J connectivity index is 1.65. The molecule has 1 amide bonds. The number of likely N-dealkylation sites (tertiary alicyclic amines) is 1. The van der Waals surface area contributed by atoms with Crippen molar-refractivity contribution in [2.75, 3.05) is 18.4 Å². The van der Waals surface area contributed by atoms with Crippen LogP contribution in [0.5, 0.6) is 0 Å². The molecule has 1 aliphatic heterocycles. The van der Waals surface area contributed by atoms with Crippen LogP contribution in [0.3, 0.4) is 0 Å². The SMILES string of the molecule is Cc1ccccc1NC(=O)c1cc(CN2CCCC2)on1. The molecular weight excluding hydrogens is 266 g/mol. The number of para-hydroxylation sites is 1. The molecule has 5 heteroatoms. The van der Waals surface area contributed by atoms with E-state index in [1.807, 2.05) is 31.2 Å². The number of anilines is 1. The first-order valence-corrected chi connectivity index (χ1v) is 7.27. The van der Waals surface area contributed by atoms with Crippen LogP contribution >= 0.6 is 0 Å². The molecule has 0 atom stereocenters. The number of hydrogen-bond acceptors (Lipinski definition) is 4. The highest BCUT2D eigenvalue weighted by Crippen LogP contribution is 2.16. The largest absolute Gasteiger partial charge is 0.359 e. The molecule has 1 aromatic heterocycles. The maximum Gasteiger partial charge on any atom is 0.277 e. The molecule has 0 spiro atoms. The standard InChI is InChI=1S/C16H19N3O2/c1-12-6-2-3-7-14(12)17-16(20)15-10-13(21-18-15)11-19-8-4-5-9-19/h2-3,6-7,10H,4-5,8-9,11H2,1H3,(H,17,20). The van der Waals surface area contributed by atoms with Gasteiger partial charge in [-0.05, 0) is 44.5 Å². The van der Waals surface area contributed by atoms with Crippen molar-refractivity contribution in [2.24, 2.45) is 0 Å².